The second kappa shape index (κ2) is 5.39. The van der Waals surface area contributed by atoms with Gasteiger partial charge in [-0.1, -0.05) is 12.1 Å². The van der Waals surface area contributed by atoms with Crippen molar-refractivity contribution in [3.8, 4) is 0 Å². The summed E-state index contributed by atoms with van der Waals surface area (Å²) < 4.78 is 1.34. The molecule has 0 spiro atoms. The van der Waals surface area contributed by atoms with Gasteiger partial charge in [0, 0.05) is 23.6 Å². The second-order valence-corrected chi connectivity index (χ2v) is 4.29. The zero-order valence-electron chi connectivity index (χ0n) is 10.6. The van der Waals surface area contributed by atoms with Crippen molar-refractivity contribution < 1.29 is 4.79 Å². The van der Waals surface area contributed by atoms with Gasteiger partial charge in [-0.3, -0.25) is 9.59 Å². The molecule has 3 N–H and O–H groups in total. The van der Waals surface area contributed by atoms with Gasteiger partial charge in [0.05, 0.1) is 0 Å². The van der Waals surface area contributed by atoms with Crippen LogP contribution in [0.1, 0.15) is 5.56 Å². The van der Waals surface area contributed by atoms with E-state index in [-0.39, 0.29) is 18.0 Å². The number of nitrogens with one attached hydrogen (secondary N) is 1. The van der Waals surface area contributed by atoms with E-state index < -0.39 is 0 Å². The van der Waals surface area contributed by atoms with E-state index in [1.54, 1.807) is 30.5 Å². The molecule has 2 rings (SSSR count). The second-order valence-electron chi connectivity index (χ2n) is 4.29. The van der Waals surface area contributed by atoms with Crippen LogP contribution in [0.4, 0.5) is 11.4 Å². The number of hydrogen-bond acceptors (Lipinski definition) is 3. The van der Waals surface area contributed by atoms with Gasteiger partial charge in [0.25, 0.3) is 5.56 Å². The van der Waals surface area contributed by atoms with Gasteiger partial charge in [-0.05, 0) is 30.7 Å². The molecule has 0 radical (unpaired) electrons. The molecule has 19 heavy (non-hydrogen) atoms. The van der Waals surface area contributed by atoms with Gasteiger partial charge in [-0.15, -0.1) is 0 Å². The molecule has 0 atom stereocenters. The van der Waals surface area contributed by atoms with Crippen LogP contribution in [0, 0.1) is 6.92 Å². The average Bonchev–Trinajstić information content (AvgIpc) is 2.37. The number of nitrogens with two attached hydrogens (primary N) is 1. The van der Waals surface area contributed by atoms with Gasteiger partial charge in [-0.25, -0.2) is 0 Å². The topological polar surface area (TPSA) is 77.1 Å². The number of hydrogen-bond donors (Lipinski definition) is 2. The van der Waals surface area contributed by atoms with E-state index in [4.69, 9.17) is 5.73 Å². The number of carbonyl (C=O) groups is 1. The van der Waals surface area contributed by atoms with Crippen LogP contribution in [0.2, 0.25) is 0 Å². The molecule has 1 aromatic heterocycles. The van der Waals surface area contributed by atoms with E-state index in [1.165, 1.54) is 10.6 Å². The number of aryl methyl sites for hydroxylation is 1. The van der Waals surface area contributed by atoms with Crippen LogP contribution >= 0.6 is 0 Å². The van der Waals surface area contributed by atoms with Crippen LogP contribution in [-0.4, -0.2) is 10.5 Å². The van der Waals surface area contributed by atoms with E-state index in [9.17, 15) is 9.59 Å². The smallest absolute Gasteiger partial charge is 0.250 e. The summed E-state index contributed by atoms with van der Waals surface area (Å²) in [6, 6.07) is 10.1. The first kappa shape index (κ1) is 12.9. The Balaban J connectivity index is 2.12. The SMILES string of the molecule is Cc1ccc(N)cc1NC(=O)Cn1ccccc1=O. The fraction of sp³-hybridized carbons (Fsp3) is 0.143. The number of carbonyl (C=O) groups excluding carboxylic acids is 1. The molecule has 2 aromatic rings. The predicted molar refractivity (Wildman–Crippen MR) is 74.9 cm³/mol. The van der Waals surface area contributed by atoms with Gasteiger partial charge in [0.1, 0.15) is 6.54 Å². The molecule has 5 heteroatoms. The highest BCUT2D eigenvalue weighted by molar-refractivity contribution is 5.91. The normalized spacial score (nSPS) is 10.2. The molecular weight excluding hydrogens is 242 g/mol. The van der Waals surface area contributed by atoms with E-state index in [1.807, 2.05) is 13.0 Å². The molecular formula is C14H15N3O2. The van der Waals surface area contributed by atoms with Crippen LogP contribution in [0.15, 0.2) is 47.4 Å². The molecule has 0 aliphatic heterocycles. The third kappa shape index (κ3) is 3.22. The van der Waals surface area contributed by atoms with Crippen molar-refractivity contribution in [3.05, 3.63) is 58.5 Å². The molecule has 5 nitrogen and oxygen atoms in total. The monoisotopic (exact) mass is 257 g/mol. The van der Waals surface area contributed by atoms with Crippen molar-refractivity contribution in [2.75, 3.05) is 11.1 Å². The van der Waals surface area contributed by atoms with Gasteiger partial charge in [0.2, 0.25) is 5.91 Å². The van der Waals surface area contributed by atoms with E-state index in [0.29, 0.717) is 11.4 Å². The van der Waals surface area contributed by atoms with Crippen molar-refractivity contribution in [2.45, 2.75) is 13.5 Å². The molecule has 0 saturated carbocycles. The van der Waals surface area contributed by atoms with Gasteiger partial charge in [-0.2, -0.15) is 0 Å². The molecule has 0 aliphatic rings. The largest absolute Gasteiger partial charge is 0.399 e. The number of benzene rings is 1. The maximum absolute atomic E-state index is 11.9. The lowest BCUT2D eigenvalue weighted by Gasteiger charge is -2.10. The molecule has 0 fully saturated rings. The number of nitrogen functional groups attached to an aromatic ring is 1. The first-order chi connectivity index (χ1) is 9.06. The number of aromatic nitrogens is 1. The third-order valence-electron chi connectivity index (χ3n) is 2.75. The standard InChI is InChI=1S/C14H15N3O2/c1-10-5-6-11(15)8-12(10)16-13(18)9-17-7-3-2-4-14(17)19/h2-8H,9,15H2,1H3,(H,16,18). The Labute approximate surface area is 110 Å². The van der Waals surface area contributed by atoms with Crippen molar-refractivity contribution in [1.29, 1.82) is 0 Å². The molecule has 0 unspecified atom stereocenters. The van der Waals surface area contributed by atoms with Crippen molar-refractivity contribution in [2.24, 2.45) is 0 Å². The summed E-state index contributed by atoms with van der Waals surface area (Å²) in [6.45, 7) is 1.86. The highest BCUT2D eigenvalue weighted by Gasteiger charge is 2.06. The minimum Gasteiger partial charge on any atom is -0.399 e. The lowest BCUT2D eigenvalue weighted by molar-refractivity contribution is -0.116. The van der Waals surface area contributed by atoms with Gasteiger partial charge < -0.3 is 15.6 Å². The average molecular weight is 257 g/mol. The Morgan fingerprint density at radius 2 is 2.11 bits per heavy atom. The van der Waals surface area contributed by atoms with Gasteiger partial charge in [0.15, 0.2) is 0 Å². The number of nitrogens with zero attached hydrogens (tertiary/aromatic N) is 1. The summed E-state index contributed by atoms with van der Waals surface area (Å²) in [5.74, 6) is -0.262. The zero-order chi connectivity index (χ0) is 13.8. The predicted octanol–water partition coefficient (Wildman–Crippen LogP) is 1.38. The highest BCUT2D eigenvalue weighted by atomic mass is 16.2. The number of pyridine rings is 1. The summed E-state index contributed by atoms with van der Waals surface area (Å²) in [5, 5.41) is 2.75. The molecule has 0 aliphatic carbocycles. The molecule has 1 heterocycles. The first-order valence-electron chi connectivity index (χ1n) is 5.88. The lowest BCUT2D eigenvalue weighted by atomic mass is 10.2. The van der Waals surface area contributed by atoms with E-state index in [0.717, 1.165) is 5.56 Å². The van der Waals surface area contributed by atoms with Crippen LogP contribution in [0.25, 0.3) is 0 Å². The molecule has 98 valence electrons. The Kier molecular flexibility index (Phi) is 3.66. The third-order valence-corrected chi connectivity index (χ3v) is 2.75. The molecule has 0 saturated heterocycles. The summed E-state index contributed by atoms with van der Waals surface area (Å²) in [6.07, 6.45) is 1.58. The minimum atomic E-state index is -0.262. The zero-order valence-corrected chi connectivity index (χ0v) is 10.6. The maximum atomic E-state index is 11.9. The fourth-order valence-electron chi connectivity index (χ4n) is 1.71. The first-order valence-corrected chi connectivity index (χ1v) is 5.88. The lowest BCUT2D eigenvalue weighted by Crippen LogP contribution is -2.26. The van der Waals surface area contributed by atoms with Crippen LogP contribution in [-0.2, 0) is 11.3 Å². The Bertz CT molecular complexity index is 662. The van der Waals surface area contributed by atoms with Crippen molar-refractivity contribution >= 4 is 17.3 Å². The quantitative estimate of drug-likeness (QED) is 0.815. The number of anilines is 2. The van der Waals surface area contributed by atoms with Gasteiger partial charge >= 0.3 is 0 Å². The number of rotatable bonds is 3. The molecule has 1 aromatic carbocycles. The summed E-state index contributed by atoms with van der Waals surface area (Å²) in [5.41, 5.74) is 7.63. The summed E-state index contributed by atoms with van der Waals surface area (Å²) >= 11 is 0. The van der Waals surface area contributed by atoms with E-state index >= 15 is 0 Å². The number of amides is 1. The summed E-state index contributed by atoms with van der Waals surface area (Å²) in [4.78, 5) is 23.4. The van der Waals surface area contributed by atoms with Crippen LogP contribution in [0.3, 0.4) is 0 Å². The summed E-state index contributed by atoms with van der Waals surface area (Å²) in [7, 11) is 0. The highest BCUT2D eigenvalue weighted by Crippen LogP contribution is 2.17. The maximum Gasteiger partial charge on any atom is 0.250 e. The van der Waals surface area contributed by atoms with Crippen LogP contribution < -0.4 is 16.6 Å². The van der Waals surface area contributed by atoms with E-state index in [2.05, 4.69) is 5.32 Å². The Morgan fingerprint density at radius 1 is 1.32 bits per heavy atom. The molecule has 0 bridgehead atoms. The Hall–Kier alpha value is -2.56. The van der Waals surface area contributed by atoms with Crippen molar-refractivity contribution in [1.82, 2.24) is 4.57 Å². The fourth-order valence-corrected chi connectivity index (χ4v) is 1.71. The molecule has 1 amide bonds. The minimum absolute atomic E-state index is 0.0199. The van der Waals surface area contributed by atoms with Crippen molar-refractivity contribution in [3.63, 3.8) is 0 Å². The Morgan fingerprint density at radius 3 is 2.84 bits per heavy atom. The van der Waals surface area contributed by atoms with Crippen LogP contribution in [0.5, 0.6) is 0 Å².